The van der Waals surface area contributed by atoms with E-state index in [2.05, 4.69) is 15.6 Å². The number of ether oxygens (including phenoxy) is 1. The van der Waals surface area contributed by atoms with Crippen LogP contribution in [-0.4, -0.2) is 37.2 Å². The van der Waals surface area contributed by atoms with Gasteiger partial charge in [-0.1, -0.05) is 6.07 Å². The summed E-state index contributed by atoms with van der Waals surface area (Å²) in [5.74, 6) is 0.00634. The lowest BCUT2D eigenvalue weighted by Crippen LogP contribution is -2.43. The molecule has 0 radical (unpaired) electrons. The van der Waals surface area contributed by atoms with Crippen LogP contribution in [0.2, 0.25) is 0 Å². The molecular weight excluding hydrogens is 242 g/mol. The Balaban J connectivity index is 2.33. The number of pyridine rings is 1. The van der Waals surface area contributed by atoms with Crippen LogP contribution in [0.15, 0.2) is 24.5 Å². The molecule has 0 spiro atoms. The van der Waals surface area contributed by atoms with Gasteiger partial charge in [-0.05, 0) is 31.9 Å². The fourth-order valence-corrected chi connectivity index (χ4v) is 1.76. The van der Waals surface area contributed by atoms with E-state index in [9.17, 15) is 4.79 Å². The Morgan fingerprint density at radius 1 is 1.47 bits per heavy atom. The van der Waals surface area contributed by atoms with Gasteiger partial charge in [0.05, 0.1) is 6.04 Å². The van der Waals surface area contributed by atoms with E-state index in [-0.39, 0.29) is 18.0 Å². The average Bonchev–Trinajstić information content (AvgIpc) is 2.44. The smallest absolute Gasteiger partial charge is 0.236 e. The summed E-state index contributed by atoms with van der Waals surface area (Å²) in [5, 5.41) is 6.13. The maximum Gasteiger partial charge on any atom is 0.236 e. The molecule has 1 unspecified atom stereocenters. The van der Waals surface area contributed by atoms with Gasteiger partial charge in [0.2, 0.25) is 5.91 Å². The molecule has 19 heavy (non-hydrogen) atoms. The van der Waals surface area contributed by atoms with Gasteiger partial charge in [-0.15, -0.1) is 0 Å². The molecule has 1 aromatic rings. The first-order valence-electron chi connectivity index (χ1n) is 6.57. The van der Waals surface area contributed by atoms with Crippen molar-refractivity contribution in [2.75, 3.05) is 20.3 Å². The van der Waals surface area contributed by atoms with Gasteiger partial charge in [0.15, 0.2) is 0 Å². The molecule has 2 N–H and O–H groups in total. The highest BCUT2D eigenvalue weighted by atomic mass is 16.5. The molecule has 0 fully saturated rings. The van der Waals surface area contributed by atoms with Crippen LogP contribution in [0, 0.1) is 0 Å². The number of methoxy groups -OCH3 is 1. The number of amides is 1. The molecule has 106 valence electrons. The zero-order valence-corrected chi connectivity index (χ0v) is 11.8. The number of hydrogen-bond acceptors (Lipinski definition) is 4. The summed E-state index contributed by atoms with van der Waals surface area (Å²) in [6.45, 7) is 5.18. The molecule has 1 amide bonds. The minimum absolute atomic E-state index is 0.00634. The van der Waals surface area contributed by atoms with Gasteiger partial charge in [0, 0.05) is 38.7 Å². The van der Waals surface area contributed by atoms with Gasteiger partial charge in [0.25, 0.3) is 0 Å². The van der Waals surface area contributed by atoms with E-state index in [1.54, 1.807) is 19.5 Å². The Labute approximate surface area is 114 Å². The molecular formula is C14H23N3O2. The Kier molecular flexibility index (Phi) is 7.07. The number of nitrogens with zero attached hydrogens (tertiary/aromatic N) is 1. The zero-order valence-electron chi connectivity index (χ0n) is 11.8. The fraction of sp³-hybridized carbons (Fsp3) is 0.571. The Morgan fingerprint density at radius 2 is 2.26 bits per heavy atom. The molecule has 1 heterocycles. The van der Waals surface area contributed by atoms with Crippen LogP contribution in [0.3, 0.4) is 0 Å². The summed E-state index contributed by atoms with van der Waals surface area (Å²) in [6, 6.07) is 3.74. The molecule has 0 aliphatic carbocycles. The predicted octanol–water partition coefficient (Wildman–Crippen LogP) is 1.27. The van der Waals surface area contributed by atoms with Gasteiger partial charge < -0.3 is 10.1 Å². The van der Waals surface area contributed by atoms with E-state index in [1.165, 1.54) is 0 Å². The van der Waals surface area contributed by atoms with Gasteiger partial charge in [-0.2, -0.15) is 0 Å². The van der Waals surface area contributed by atoms with Gasteiger partial charge in [-0.25, -0.2) is 0 Å². The molecule has 1 rings (SSSR count). The highest BCUT2D eigenvalue weighted by Gasteiger charge is 2.15. The maximum absolute atomic E-state index is 11.8. The Hall–Kier alpha value is -1.46. The Bertz CT molecular complexity index is 370. The number of carbonyl (C=O) groups is 1. The number of carbonyl (C=O) groups excluding carboxylic acids is 1. The highest BCUT2D eigenvalue weighted by Crippen LogP contribution is 2.10. The molecule has 0 saturated heterocycles. The van der Waals surface area contributed by atoms with Gasteiger partial charge in [-0.3, -0.25) is 15.1 Å². The lowest BCUT2D eigenvalue weighted by Gasteiger charge is -2.19. The molecule has 0 aliphatic heterocycles. The number of rotatable bonds is 8. The summed E-state index contributed by atoms with van der Waals surface area (Å²) >= 11 is 0. The van der Waals surface area contributed by atoms with E-state index in [0.717, 1.165) is 12.0 Å². The predicted molar refractivity (Wildman–Crippen MR) is 74.8 cm³/mol. The summed E-state index contributed by atoms with van der Waals surface area (Å²) < 4.78 is 4.93. The molecule has 0 aromatic carbocycles. The van der Waals surface area contributed by atoms with Crippen molar-refractivity contribution in [2.45, 2.75) is 32.4 Å². The van der Waals surface area contributed by atoms with Crippen LogP contribution in [0.25, 0.3) is 0 Å². The Morgan fingerprint density at radius 3 is 2.89 bits per heavy atom. The molecule has 1 aromatic heterocycles. The van der Waals surface area contributed by atoms with Crippen LogP contribution >= 0.6 is 0 Å². The highest BCUT2D eigenvalue weighted by molar-refractivity contribution is 5.81. The molecule has 5 heteroatoms. The molecule has 0 saturated carbocycles. The van der Waals surface area contributed by atoms with Crippen LogP contribution in [0.1, 0.15) is 31.9 Å². The van der Waals surface area contributed by atoms with Crippen molar-refractivity contribution >= 4 is 5.91 Å². The van der Waals surface area contributed by atoms with E-state index in [0.29, 0.717) is 13.2 Å². The molecule has 2 atom stereocenters. The van der Waals surface area contributed by atoms with E-state index < -0.39 is 0 Å². The van der Waals surface area contributed by atoms with Crippen LogP contribution in [0.5, 0.6) is 0 Å². The second-order valence-corrected chi connectivity index (χ2v) is 4.53. The minimum Gasteiger partial charge on any atom is -0.385 e. The fourth-order valence-electron chi connectivity index (χ4n) is 1.76. The van der Waals surface area contributed by atoms with Crippen molar-refractivity contribution in [1.82, 2.24) is 15.6 Å². The number of nitrogens with one attached hydrogen (secondary N) is 2. The van der Waals surface area contributed by atoms with E-state index in [1.807, 2.05) is 26.0 Å². The van der Waals surface area contributed by atoms with Crippen molar-refractivity contribution in [2.24, 2.45) is 0 Å². The van der Waals surface area contributed by atoms with E-state index >= 15 is 0 Å². The standard InChI is InChI=1S/C14H23N3O2/c1-11(13-6-4-7-15-10-13)17-12(2)14(18)16-8-5-9-19-3/h4,6-7,10-12,17H,5,8-9H2,1-3H3,(H,16,18)/t11-,12?/m0/s1. The first kappa shape index (κ1) is 15.6. The third-order valence-electron chi connectivity index (χ3n) is 2.90. The largest absolute Gasteiger partial charge is 0.385 e. The molecule has 0 aliphatic rings. The monoisotopic (exact) mass is 265 g/mol. The summed E-state index contributed by atoms with van der Waals surface area (Å²) in [6.07, 6.45) is 4.37. The maximum atomic E-state index is 11.8. The minimum atomic E-state index is -0.238. The molecule has 5 nitrogen and oxygen atoms in total. The lowest BCUT2D eigenvalue weighted by molar-refractivity contribution is -0.122. The third-order valence-corrected chi connectivity index (χ3v) is 2.90. The van der Waals surface area contributed by atoms with Gasteiger partial charge >= 0.3 is 0 Å². The first-order valence-corrected chi connectivity index (χ1v) is 6.57. The van der Waals surface area contributed by atoms with Crippen LogP contribution < -0.4 is 10.6 Å². The average molecular weight is 265 g/mol. The normalized spacial score (nSPS) is 13.8. The summed E-state index contributed by atoms with van der Waals surface area (Å²) in [4.78, 5) is 15.9. The molecule has 0 bridgehead atoms. The SMILES string of the molecule is COCCCNC(=O)C(C)N[C@@H](C)c1cccnc1. The van der Waals surface area contributed by atoms with Crippen molar-refractivity contribution in [3.63, 3.8) is 0 Å². The zero-order chi connectivity index (χ0) is 14.1. The van der Waals surface area contributed by atoms with Gasteiger partial charge in [0.1, 0.15) is 0 Å². The quantitative estimate of drug-likeness (QED) is 0.695. The van der Waals surface area contributed by atoms with Crippen molar-refractivity contribution < 1.29 is 9.53 Å². The number of hydrogen-bond donors (Lipinski definition) is 2. The van der Waals surface area contributed by atoms with Crippen LogP contribution in [-0.2, 0) is 9.53 Å². The van der Waals surface area contributed by atoms with Crippen molar-refractivity contribution in [3.05, 3.63) is 30.1 Å². The topological polar surface area (TPSA) is 63.2 Å². The van der Waals surface area contributed by atoms with Crippen LogP contribution in [0.4, 0.5) is 0 Å². The first-order chi connectivity index (χ1) is 9.15. The summed E-state index contributed by atoms with van der Waals surface area (Å²) in [5.41, 5.74) is 1.07. The second kappa shape index (κ2) is 8.61. The van der Waals surface area contributed by atoms with Crippen molar-refractivity contribution in [1.29, 1.82) is 0 Å². The summed E-state index contributed by atoms with van der Waals surface area (Å²) in [7, 11) is 1.65. The second-order valence-electron chi connectivity index (χ2n) is 4.53. The van der Waals surface area contributed by atoms with Crippen molar-refractivity contribution in [3.8, 4) is 0 Å². The van der Waals surface area contributed by atoms with E-state index in [4.69, 9.17) is 4.74 Å². The lowest BCUT2D eigenvalue weighted by atomic mass is 10.1. The number of aromatic nitrogens is 1. The third kappa shape index (κ3) is 5.81.